The highest BCUT2D eigenvalue weighted by atomic mass is 79.9. The average Bonchev–Trinajstić information content (AvgIpc) is 2.71. The Bertz CT molecular complexity index is 999. The Hall–Kier alpha value is -1.90. The molecule has 1 atom stereocenters. The molecule has 3 rings (SSSR count). The first kappa shape index (κ1) is 22.8. The molecular formula is C22H27BrN2O4S. The highest BCUT2D eigenvalue weighted by Gasteiger charge is 2.33. The smallest absolute Gasteiger partial charge is 0.243 e. The van der Waals surface area contributed by atoms with Crippen LogP contribution in [-0.4, -0.2) is 38.3 Å². The van der Waals surface area contributed by atoms with Gasteiger partial charge in [0.25, 0.3) is 0 Å². The first-order valence-corrected chi connectivity index (χ1v) is 12.3. The van der Waals surface area contributed by atoms with E-state index in [0.717, 1.165) is 21.3 Å². The maximum atomic E-state index is 13.1. The average molecular weight is 495 g/mol. The van der Waals surface area contributed by atoms with E-state index in [2.05, 4.69) is 21.2 Å². The second-order valence-corrected chi connectivity index (χ2v) is 10.4. The van der Waals surface area contributed by atoms with Crippen molar-refractivity contribution in [1.29, 1.82) is 0 Å². The first-order chi connectivity index (χ1) is 14.2. The Morgan fingerprint density at radius 1 is 1.20 bits per heavy atom. The van der Waals surface area contributed by atoms with Gasteiger partial charge in [-0.05, 0) is 81.1 Å². The third kappa shape index (κ3) is 5.04. The number of sulfonamides is 1. The van der Waals surface area contributed by atoms with E-state index in [9.17, 15) is 13.2 Å². The molecule has 8 heteroatoms. The number of amides is 1. The number of nitrogens with one attached hydrogen (secondary N) is 1. The van der Waals surface area contributed by atoms with Crippen LogP contribution in [0.2, 0.25) is 0 Å². The van der Waals surface area contributed by atoms with Crippen LogP contribution < -0.4 is 10.1 Å². The minimum absolute atomic E-state index is 0.143. The fourth-order valence-corrected chi connectivity index (χ4v) is 5.94. The van der Waals surface area contributed by atoms with Crippen molar-refractivity contribution >= 4 is 37.5 Å². The quantitative estimate of drug-likeness (QED) is 0.640. The van der Waals surface area contributed by atoms with Crippen molar-refractivity contribution in [3.8, 4) is 5.75 Å². The van der Waals surface area contributed by atoms with Gasteiger partial charge < -0.3 is 10.1 Å². The van der Waals surface area contributed by atoms with E-state index in [1.54, 1.807) is 24.3 Å². The summed E-state index contributed by atoms with van der Waals surface area (Å²) < 4.78 is 33.9. The van der Waals surface area contributed by atoms with E-state index >= 15 is 0 Å². The summed E-state index contributed by atoms with van der Waals surface area (Å²) >= 11 is 3.46. The van der Waals surface area contributed by atoms with Crippen LogP contribution in [0.5, 0.6) is 5.75 Å². The van der Waals surface area contributed by atoms with Crippen LogP contribution in [0.4, 0.5) is 5.69 Å². The molecule has 1 N–H and O–H groups in total. The lowest BCUT2D eigenvalue weighted by atomic mass is 9.98. The Kier molecular flexibility index (Phi) is 7.21. The van der Waals surface area contributed by atoms with Gasteiger partial charge in [-0.3, -0.25) is 4.79 Å². The number of benzene rings is 2. The van der Waals surface area contributed by atoms with Gasteiger partial charge >= 0.3 is 0 Å². The van der Waals surface area contributed by atoms with Crippen molar-refractivity contribution in [3.63, 3.8) is 0 Å². The van der Waals surface area contributed by atoms with Gasteiger partial charge in [-0.1, -0.05) is 15.9 Å². The molecule has 0 radical (unpaired) electrons. The molecule has 0 aromatic heterocycles. The zero-order valence-electron chi connectivity index (χ0n) is 17.4. The molecule has 0 saturated carbocycles. The number of carbonyl (C=O) groups excluding carboxylic acids is 1. The lowest BCUT2D eigenvalue weighted by Crippen LogP contribution is -2.43. The number of nitrogens with zero attached hydrogens (tertiary/aromatic N) is 1. The highest BCUT2D eigenvalue weighted by molar-refractivity contribution is 9.10. The SMILES string of the molecule is CCOc1ccc(S(=O)(=O)N2CCC[C@H](C(=O)Nc3c(C)cc(Br)cc3C)C2)cc1. The normalized spacial score (nSPS) is 17.5. The van der Waals surface area contributed by atoms with Gasteiger partial charge in [0.15, 0.2) is 0 Å². The molecule has 1 aliphatic rings. The fourth-order valence-electron chi connectivity index (χ4n) is 3.73. The fraction of sp³-hybridized carbons (Fsp3) is 0.409. The number of rotatable bonds is 6. The molecule has 2 aromatic rings. The number of carbonyl (C=O) groups is 1. The van der Waals surface area contributed by atoms with Crippen LogP contribution in [-0.2, 0) is 14.8 Å². The van der Waals surface area contributed by atoms with Gasteiger partial charge in [0.2, 0.25) is 15.9 Å². The summed E-state index contributed by atoms with van der Waals surface area (Å²) in [6.45, 7) is 6.87. The number of hydrogen-bond acceptors (Lipinski definition) is 4. The summed E-state index contributed by atoms with van der Waals surface area (Å²) in [5, 5.41) is 3.01. The zero-order chi connectivity index (χ0) is 21.9. The van der Waals surface area contributed by atoms with E-state index in [4.69, 9.17) is 4.74 Å². The van der Waals surface area contributed by atoms with Gasteiger partial charge in [-0.15, -0.1) is 0 Å². The standard InChI is InChI=1S/C22H27BrN2O4S/c1-4-29-19-7-9-20(10-8-19)30(27,28)25-11-5-6-17(14-25)22(26)24-21-15(2)12-18(23)13-16(21)3/h7-10,12-13,17H,4-6,11,14H2,1-3H3,(H,24,26)/t17-/m0/s1. The number of aryl methyl sites for hydroxylation is 2. The predicted molar refractivity (Wildman–Crippen MR) is 121 cm³/mol. The topological polar surface area (TPSA) is 75.7 Å². The number of halogens is 1. The Morgan fingerprint density at radius 2 is 1.83 bits per heavy atom. The Balaban J connectivity index is 1.73. The molecule has 6 nitrogen and oxygen atoms in total. The molecule has 0 bridgehead atoms. The summed E-state index contributed by atoms with van der Waals surface area (Å²) in [4.78, 5) is 13.1. The number of ether oxygens (including phenoxy) is 1. The molecule has 0 unspecified atom stereocenters. The van der Waals surface area contributed by atoms with Gasteiger partial charge in [0, 0.05) is 23.2 Å². The van der Waals surface area contributed by atoms with Crippen molar-refractivity contribution in [1.82, 2.24) is 4.31 Å². The van der Waals surface area contributed by atoms with Crippen molar-refractivity contribution in [2.75, 3.05) is 25.0 Å². The molecule has 1 heterocycles. The monoisotopic (exact) mass is 494 g/mol. The van der Waals surface area contributed by atoms with Gasteiger partial charge in [-0.2, -0.15) is 4.31 Å². The second kappa shape index (κ2) is 9.49. The third-order valence-electron chi connectivity index (χ3n) is 5.27. The predicted octanol–water partition coefficient (Wildman–Crippen LogP) is 4.50. The van der Waals surface area contributed by atoms with Crippen molar-refractivity contribution in [2.45, 2.75) is 38.5 Å². The van der Waals surface area contributed by atoms with E-state index in [0.29, 0.717) is 31.7 Å². The zero-order valence-corrected chi connectivity index (χ0v) is 19.8. The van der Waals surface area contributed by atoms with E-state index < -0.39 is 15.9 Å². The summed E-state index contributed by atoms with van der Waals surface area (Å²) in [5.74, 6) is 0.0985. The molecule has 0 spiro atoms. The minimum Gasteiger partial charge on any atom is -0.494 e. The number of piperidine rings is 1. The van der Waals surface area contributed by atoms with Crippen molar-refractivity contribution in [3.05, 3.63) is 52.0 Å². The molecule has 1 aliphatic heterocycles. The van der Waals surface area contributed by atoms with Crippen LogP contribution >= 0.6 is 15.9 Å². The second-order valence-electron chi connectivity index (χ2n) is 7.51. The van der Waals surface area contributed by atoms with E-state index in [-0.39, 0.29) is 17.3 Å². The summed E-state index contributed by atoms with van der Waals surface area (Å²) in [7, 11) is -3.66. The largest absolute Gasteiger partial charge is 0.494 e. The number of hydrogen-bond donors (Lipinski definition) is 1. The maximum Gasteiger partial charge on any atom is 0.243 e. The molecule has 0 aliphatic carbocycles. The number of anilines is 1. The Morgan fingerprint density at radius 3 is 2.43 bits per heavy atom. The lowest BCUT2D eigenvalue weighted by Gasteiger charge is -2.31. The van der Waals surface area contributed by atoms with Crippen LogP contribution in [0.15, 0.2) is 45.8 Å². The lowest BCUT2D eigenvalue weighted by molar-refractivity contribution is -0.120. The van der Waals surface area contributed by atoms with Gasteiger partial charge in [0.05, 0.1) is 17.4 Å². The Labute approximate surface area is 186 Å². The molecule has 1 amide bonds. The summed E-state index contributed by atoms with van der Waals surface area (Å²) in [6.07, 6.45) is 1.31. The van der Waals surface area contributed by atoms with Crippen LogP contribution in [0, 0.1) is 19.8 Å². The van der Waals surface area contributed by atoms with Crippen LogP contribution in [0.25, 0.3) is 0 Å². The maximum absolute atomic E-state index is 13.1. The molecule has 1 fully saturated rings. The van der Waals surface area contributed by atoms with Crippen LogP contribution in [0.1, 0.15) is 30.9 Å². The van der Waals surface area contributed by atoms with Crippen molar-refractivity contribution in [2.24, 2.45) is 5.92 Å². The highest BCUT2D eigenvalue weighted by Crippen LogP contribution is 2.29. The first-order valence-electron chi connectivity index (χ1n) is 10.0. The molecule has 30 heavy (non-hydrogen) atoms. The van der Waals surface area contributed by atoms with E-state index in [1.807, 2.05) is 32.9 Å². The summed E-state index contributed by atoms with van der Waals surface area (Å²) in [6, 6.07) is 10.3. The minimum atomic E-state index is -3.66. The third-order valence-corrected chi connectivity index (χ3v) is 7.61. The van der Waals surface area contributed by atoms with Crippen LogP contribution in [0.3, 0.4) is 0 Å². The summed E-state index contributed by atoms with van der Waals surface area (Å²) in [5.41, 5.74) is 2.71. The molecule has 1 saturated heterocycles. The van der Waals surface area contributed by atoms with E-state index in [1.165, 1.54) is 4.31 Å². The van der Waals surface area contributed by atoms with Gasteiger partial charge in [0.1, 0.15) is 5.75 Å². The van der Waals surface area contributed by atoms with Crippen molar-refractivity contribution < 1.29 is 17.9 Å². The van der Waals surface area contributed by atoms with Gasteiger partial charge in [-0.25, -0.2) is 8.42 Å². The molecular weight excluding hydrogens is 468 g/mol. The molecule has 162 valence electrons. The molecule has 2 aromatic carbocycles.